The van der Waals surface area contributed by atoms with Crippen molar-refractivity contribution in [3.63, 3.8) is 0 Å². The third kappa shape index (κ3) is 63.3. The third-order valence-corrected chi connectivity index (χ3v) is 23.4. The van der Waals surface area contributed by atoms with E-state index in [1.165, 1.54) is 0 Å². The third-order valence-electron chi connectivity index (χ3n) is 2.60. The van der Waals surface area contributed by atoms with Gasteiger partial charge in [-0.2, -0.15) is 0 Å². The van der Waals surface area contributed by atoms with E-state index in [9.17, 15) is 0 Å². The van der Waals surface area contributed by atoms with Gasteiger partial charge >= 0.3 is 0 Å². The maximum Gasteiger partial charge on any atom is 0.0444 e. The van der Waals surface area contributed by atoms with Crippen molar-refractivity contribution in [3.05, 3.63) is 17.0 Å². The predicted octanol–water partition coefficient (Wildman–Crippen LogP) is 2.46. The van der Waals surface area contributed by atoms with Gasteiger partial charge in [0.15, 0.2) is 0 Å². The fourth-order valence-corrected chi connectivity index (χ4v) is 35.1. The molecule has 186 valence electrons. The SMILES string of the molecule is C[Si](C)(C)[CH][Si](C)(C)C.C[Si](C)(C)[CH][Si](C)(C)C.C[Si](C)(C)[CH][Si](C)(C)C.[Br-].[Br-].[Sb]. The minimum atomic E-state index is -0.856. The Morgan fingerprint density at radius 1 is 0.267 bits per heavy atom. The van der Waals surface area contributed by atoms with Crippen molar-refractivity contribution in [3.8, 4) is 0 Å². The van der Waals surface area contributed by atoms with Crippen LogP contribution >= 0.6 is 0 Å². The molecule has 0 bridgehead atoms. The van der Waals surface area contributed by atoms with Crippen molar-refractivity contribution in [1.82, 2.24) is 0 Å². The molecule has 0 aliphatic heterocycles. The Kier molecular flexibility index (Phi) is 27.1. The van der Waals surface area contributed by atoms with Crippen LogP contribution in [0.25, 0.3) is 0 Å². The Morgan fingerprint density at radius 2 is 0.333 bits per heavy atom. The Labute approximate surface area is 239 Å². The summed E-state index contributed by atoms with van der Waals surface area (Å²) in [6.07, 6.45) is 0. The van der Waals surface area contributed by atoms with Crippen LogP contribution in [0.5, 0.6) is 0 Å². The van der Waals surface area contributed by atoms with Gasteiger partial charge < -0.3 is 34.0 Å². The molecule has 0 aromatic carbocycles. The second-order valence-electron chi connectivity index (χ2n) is 14.6. The molecule has 0 aromatic rings. The van der Waals surface area contributed by atoms with Gasteiger partial charge in [-0.15, -0.1) is 0 Å². The molecule has 0 saturated heterocycles. The molecule has 9 heteroatoms. The van der Waals surface area contributed by atoms with E-state index in [1.807, 2.05) is 0 Å². The molecule has 0 aromatic heterocycles. The first-order chi connectivity index (χ1) is 11.1. The molecule has 6 radical (unpaired) electrons. The summed E-state index contributed by atoms with van der Waals surface area (Å²) < 4.78 is 0. The monoisotopic (exact) mass is 756 g/mol. The van der Waals surface area contributed by atoms with Crippen LogP contribution in [0.15, 0.2) is 0 Å². The van der Waals surface area contributed by atoms with Crippen LogP contribution in [0.1, 0.15) is 0 Å². The molecule has 0 rings (SSSR count). The molecular formula is C21H57Br2SbSi6-2. The average Bonchev–Trinajstić information content (AvgIpc) is 1.96. The number of halogens is 2. The second kappa shape index (κ2) is 17.5. The molecule has 0 heterocycles. The number of rotatable bonds is 6. The summed E-state index contributed by atoms with van der Waals surface area (Å²) in [7, 11) is -5.14. The molecule has 30 heavy (non-hydrogen) atoms. The Bertz CT molecular complexity index is 295. The van der Waals surface area contributed by atoms with E-state index in [0.29, 0.717) is 0 Å². The van der Waals surface area contributed by atoms with E-state index < -0.39 is 48.4 Å². The van der Waals surface area contributed by atoms with Gasteiger partial charge in [-0.1, -0.05) is 135 Å². The molecule has 0 aliphatic carbocycles. The number of hydrogen-bond donors (Lipinski definition) is 0. The van der Waals surface area contributed by atoms with Gasteiger partial charge in [0.1, 0.15) is 0 Å². The van der Waals surface area contributed by atoms with Crippen LogP contribution in [-0.2, 0) is 0 Å². The Balaban J connectivity index is -0.0000000686. The van der Waals surface area contributed by atoms with Gasteiger partial charge in [-0.3, -0.25) is 0 Å². The van der Waals surface area contributed by atoms with Gasteiger partial charge in [-0.25, -0.2) is 0 Å². The van der Waals surface area contributed by atoms with E-state index in [2.05, 4.69) is 135 Å². The van der Waals surface area contributed by atoms with Crippen molar-refractivity contribution in [2.24, 2.45) is 0 Å². The fraction of sp³-hybridized carbons (Fsp3) is 0.857. The first kappa shape index (κ1) is 46.4. The molecule has 0 nitrogen and oxygen atoms in total. The van der Waals surface area contributed by atoms with Crippen LogP contribution in [0.3, 0.4) is 0 Å². The maximum absolute atomic E-state index is 2.65. The smallest absolute Gasteiger partial charge is 0.0444 e. The standard InChI is InChI=1S/3C7H19Si2.2BrH.Sb/c3*1-8(2,3)7-9(4,5)6;;;/h3*7H,1-6H3;2*1H;/p-2. The predicted molar refractivity (Wildman–Crippen MR) is 159 cm³/mol. The molecule has 0 spiro atoms. The van der Waals surface area contributed by atoms with E-state index in [0.717, 1.165) is 0 Å². The molecule has 0 aliphatic rings. The average molecular weight is 760 g/mol. The van der Waals surface area contributed by atoms with Crippen molar-refractivity contribution < 1.29 is 34.0 Å². The van der Waals surface area contributed by atoms with Crippen molar-refractivity contribution in [2.75, 3.05) is 0 Å². The van der Waals surface area contributed by atoms with E-state index in [1.54, 1.807) is 0 Å². The molecular weight excluding hydrogens is 702 g/mol. The summed E-state index contributed by atoms with van der Waals surface area (Å²) in [5, 5.41) is 0. The first-order valence-electron chi connectivity index (χ1n) is 10.7. The minimum absolute atomic E-state index is 0. The zero-order chi connectivity index (χ0) is 23.1. The van der Waals surface area contributed by atoms with E-state index in [-0.39, 0.29) is 58.4 Å². The largest absolute Gasteiger partial charge is 1.00 e. The second-order valence-corrected chi connectivity index (χ2v) is 46.5. The molecule has 0 fully saturated rings. The minimum Gasteiger partial charge on any atom is -1.00 e. The molecule has 0 atom stereocenters. The first-order valence-corrected chi connectivity index (χ1v) is 32.2. The van der Waals surface area contributed by atoms with Gasteiger partial charge in [-0.05, 0) is 0 Å². The number of hydrogen-bond acceptors (Lipinski definition) is 0. The fourth-order valence-electron chi connectivity index (χ4n) is 3.90. The van der Waals surface area contributed by atoms with Gasteiger partial charge in [0.05, 0.1) is 0 Å². The van der Waals surface area contributed by atoms with Gasteiger partial charge in [0.25, 0.3) is 0 Å². The van der Waals surface area contributed by atoms with Crippen LogP contribution in [0.4, 0.5) is 0 Å². The summed E-state index contributed by atoms with van der Waals surface area (Å²) in [5.41, 5.74) is 7.96. The summed E-state index contributed by atoms with van der Waals surface area (Å²) in [5.74, 6) is 0. The summed E-state index contributed by atoms with van der Waals surface area (Å²) in [6, 6.07) is 0. The summed E-state index contributed by atoms with van der Waals surface area (Å²) in [4.78, 5) is 0. The van der Waals surface area contributed by atoms with Gasteiger partial charge in [0, 0.05) is 72.9 Å². The Hall–Kier alpha value is 3.08. The maximum atomic E-state index is 2.65. The zero-order valence-corrected chi connectivity index (χ0v) is 35.7. The summed E-state index contributed by atoms with van der Waals surface area (Å²) in [6.45, 7) is 43.3. The molecule has 0 unspecified atom stereocenters. The van der Waals surface area contributed by atoms with Crippen molar-refractivity contribution in [1.29, 1.82) is 0 Å². The van der Waals surface area contributed by atoms with Gasteiger partial charge in [0.2, 0.25) is 0 Å². The summed E-state index contributed by atoms with van der Waals surface area (Å²) >= 11 is 0. The van der Waals surface area contributed by atoms with E-state index >= 15 is 0 Å². The zero-order valence-electron chi connectivity index (χ0n) is 23.9. The normalized spacial score (nSPS) is 12.6. The molecule has 0 N–H and O–H groups in total. The quantitative estimate of drug-likeness (QED) is 0.366. The molecule has 0 amide bonds. The Morgan fingerprint density at radius 3 is 0.333 bits per heavy atom. The van der Waals surface area contributed by atoms with Crippen molar-refractivity contribution in [2.45, 2.75) is 118 Å². The van der Waals surface area contributed by atoms with Crippen molar-refractivity contribution >= 4 is 72.9 Å². The van der Waals surface area contributed by atoms with Crippen LogP contribution in [0.2, 0.25) is 118 Å². The van der Waals surface area contributed by atoms with Crippen LogP contribution < -0.4 is 34.0 Å². The van der Waals surface area contributed by atoms with Crippen LogP contribution in [0, 0.1) is 17.0 Å². The van der Waals surface area contributed by atoms with E-state index in [4.69, 9.17) is 0 Å². The topological polar surface area (TPSA) is 0 Å². The van der Waals surface area contributed by atoms with Crippen LogP contribution in [-0.4, -0.2) is 72.9 Å². The molecule has 0 saturated carbocycles.